The molecule has 0 aromatic carbocycles. The molecular weight excluding hydrogens is 288 g/mol. The molecule has 5 nitrogen and oxygen atoms in total. The van der Waals surface area contributed by atoms with Gasteiger partial charge in [-0.1, -0.05) is 19.3 Å². The van der Waals surface area contributed by atoms with Crippen LogP contribution in [0.1, 0.15) is 45.4 Å². The number of nitrogens with one attached hydrogen (secondary N) is 1. The molecule has 0 radical (unpaired) electrons. The molecule has 0 heterocycles. The van der Waals surface area contributed by atoms with Gasteiger partial charge in [0.2, 0.25) is 5.91 Å². The highest BCUT2D eigenvalue weighted by Crippen LogP contribution is 2.26. The quantitative estimate of drug-likeness (QED) is 0.793. The van der Waals surface area contributed by atoms with Crippen molar-refractivity contribution in [1.29, 1.82) is 0 Å². The minimum Gasteiger partial charge on any atom is -0.352 e. The van der Waals surface area contributed by atoms with Gasteiger partial charge in [-0.2, -0.15) is 0 Å². The Kier molecular flexibility index (Phi) is 7.32. The molecule has 1 fully saturated rings. The molecule has 3 N–H and O–H groups in total. The van der Waals surface area contributed by atoms with E-state index in [0.29, 0.717) is 6.42 Å². The number of sulfone groups is 1. The maximum Gasteiger partial charge on any atom is 0.240 e. The summed E-state index contributed by atoms with van der Waals surface area (Å²) in [6.45, 7) is 1.81. The fraction of sp³-hybridized carbons (Fsp3) is 0.917. The van der Waals surface area contributed by atoms with Crippen LogP contribution in [0.25, 0.3) is 0 Å². The standard InChI is InChI=1S/C12H24N2O3S.ClH/c1-10(6-9-18(2,16)17)14-11(15)12(13)7-4-3-5-8-12;/h10H,3-9,13H2,1-2H3,(H,14,15);1H. The van der Waals surface area contributed by atoms with Gasteiger partial charge in [0, 0.05) is 12.3 Å². The highest BCUT2D eigenvalue weighted by atomic mass is 35.5. The second-order valence-electron chi connectivity index (χ2n) is 5.51. The van der Waals surface area contributed by atoms with Gasteiger partial charge in [-0.05, 0) is 26.2 Å². The van der Waals surface area contributed by atoms with E-state index in [1.807, 2.05) is 6.92 Å². The maximum atomic E-state index is 12.1. The first-order valence-electron chi connectivity index (χ1n) is 6.50. The molecule has 114 valence electrons. The SMILES string of the molecule is CC(CCS(C)(=O)=O)NC(=O)C1(N)CCCCC1.Cl. The number of hydrogen-bond acceptors (Lipinski definition) is 4. The van der Waals surface area contributed by atoms with Crippen LogP contribution in [0, 0.1) is 0 Å². The number of amides is 1. The Bertz CT molecular complexity index is 392. The van der Waals surface area contributed by atoms with Gasteiger partial charge in [-0.25, -0.2) is 8.42 Å². The first-order valence-corrected chi connectivity index (χ1v) is 8.56. The van der Waals surface area contributed by atoms with Crippen molar-refractivity contribution in [2.45, 2.75) is 57.0 Å². The normalized spacial score (nSPS) is 20.2. The Morgan fingerprint density at radius 2 is 1.84 bits per heavy atom. The van der Waals surface area contributed by atoms with Crippen LogP contribution in [0.4, 0.5) is 0 Å². The van der Waals surface area contributed by atoms with E-state index in [9.17, 15) is 13.2 Å². The Morgan fingerprint density at radius 1 is 1.32 bits per heavy atom. The largest absolute Gasteiger partial charge is 0.352 e. The molecule has 1 amide bonds. The zero-order valence-corrected chi connectivity index (χ0v) is 13.3. The summed E-state index contributed by atoms with van der Waals surface area (Å²) in [7, 11) is -2.98. The minimum atomic E-state index is -2.98. The summed E-state index contributed by atoms with van der Waals surface area (Å²) >= 11 is 0. The van der Waals surface area contributed by atoms with Gasteiger partial charge in [0.25, 0.3) is 0 Å². The summed E-state index contributed by atoms with van der Waals surface area (Å²) < 4.78 is 22.1. The summed E-state index contributed by atoms with van der Waals surface area (Å²) in [4.78, 5) is 12.1. The molecule has 1 saturated carbocycles. The van der Waals surface area contributed by atoms with Gasteiger partial charge in [0.05, 0.1) is 11.3 Å². The number of carbonyl (C=O) groups is 1. The number of rotatable bonds is 5. The number of nitrogens with two attached hydrogens (primary N) is 1. The van der Waals surface area contributed by atoms with Crippen LogP contribution in [0.3, 0.4) is 0 Å². The van der Waals surface area contributed by atoms with Gasteiger partial charge >= 0.3 is 0 Å². The van der Waals surface area contributed by atoms with Crippen molar-refractivity contribution in [3.63, 3.8) is 0 Å². The molecule has 0 spiro atoms. The highest BCUT2D eigenvalue weighted by Gasteiger charge is 2.35. The van der Waals surface area contributed by atoms with Crippen LogP contribution >= 0.6 is 12.4 Å². The molecule has 7 heteroatoms. The molecule has 0 aromatic heterocycles. The summed E-state index contributed by atoms with van der Waals surface area (Å²) in [5.41, 5.74) is 5.35. The predicted octanol–water partition coefficient (Wildman–Crippen LogP) is 1.01. The Labute approximate surface area is 122 Å². The lowest BCUT2D eigenvalue weighted by Gasteiger charge is -2.33. The zero-order chi connectivity index (χ0) is 13.8. The van der Waals surface area contributed by atoms with E-state index in [1.165, 1.54) is 6.26 Å². The lowest BCUT2D eigenvalue weighted by Crippen LogP contribution is -2.56. The zero-order valence-electron chi connectivity index (χ0n) is 11.6. The smallest absolute Gasteiger partial charge is 0.240 e. The van der Waals surface area contributed by atoms with Crippen LogP contribution in [-0.2, 0) is 14.6 Å². The van der Waals surface area contributed by atoms with Crippen molar-refractivity contribution >= 4 is 28.2 Å². The molecule has 1 rings (SSSR count). The first-order chi connectivity index (χ1) is 8.23. The minimum absolute atomic E-state index is 0. The summed E-state index contributed by atoms with van der Waals surface area (Å²) in [6.07, 6.45) is 6.18. The van der Waals surface area contributed by atoms with Crippen molar-refractivity contribution in [3.8, 4) is 0 Å². The van der Waals surface area contributed by atoms with E-state index in [4.69, 9.17) is 5.73 Å². The summed E-state index contributed by atoms with van der Waals surface area (Å²) in [6, 6.07) is -0.158. The molecule has 0 aliphatic heterocycles. The van der Waals surface area contributed by atoms with Crippen LogP contribution in [0.15, 0.2) is 0 Å². The molecule has 0 bridgehead atoms. The Hall–Kier alpha value is -0.330. The molecule has 1 aliphatic carbocycles. The van der Waals surface area contributed by atoms with Crippen molar-refractivity contribution in [2.24, 2.45) is 5.73 Å². The summed E-state index contributed by atoms with van der Waals surface area (Å²) in [5.74, 6) is -0.0466. The van der Waals surface area contributed by atoms with Crippen LogP contribution in [-0.4, -0.2) is 37.9 Å². The number of halogens is 1. The number of carbonyl (C=O) groups excluding carboxylic acids is 1. The molecule has 1 atom stereocenters. The van der Waals surface area contributed by atoms with E-state index >= 15 is 0 Å². The lowest BCUT2D eigenvalue weighted by molar-refractivity contribution is -0.128. The van der Waals surface area contributed by atoms with E-state index in [0.717, 1.165) is 32.1 Å². The molecule has 0 aromatic rings. The molecule has 0 saturated heterocycles. The third-order valence-corrected chi connectivity index (χ3v) is 4.47. The van der Waals surface area contributed by atoms with E-state index in [-0.39, 0.29) is 30.1 Å². The van der Waals surface area contributed by atoms with Gasteiger partial charge in [-0.15, -0.1) is 12.4 Å². The average Bonchev–Trinajstić information content (AvgIpc) is 2.26. The van der Waals surface area contributed by atoms with E-state index < -0.39 is 15.4 Å². The summed E-state index contributed by atoms with van der Waals surface area (Å²) in [5, 5.41) is 2.83. The Morgan fingerprint density at radius 3 is 2.32 bits per heavy atom. The second-order valence-corrected chi connectivity index (χ2v) is 7.77. The van der Waals surface area contributed by atoms with Crippen molar-refractivity contribution < 1.29 is 13.2 Å². The van der Waals surface area contributed by atoms with Crippen molar-refractivity contribution in [3.05, 3.63) is 0 Å². The van der Waals surface area contributed by atoms with E-state index in [2.05, 4.69) is 5.32 Å². The second kappa shape index (κ2) is 7.45. The van der Waals surface area contributed by atoms with E-state index in [1.54, 1.807) is 0 Å². The average molecular weight is 313 g/mol. The van der Waals surface area contributed by atoms with Gasteiger partial charge in [0.15, 0.2) is 0 Å². The highest BCUT2D eigenvalue weighted by molar-refractivity contribution is 7.90. The van der Waals surface area contributed by atoms with Gasteiger partial charge < -0.3 is 11.1 Å². The van der Waals surface area contributed by atoms with Crippen LogP contribution in [0.5, 0.6) is 0 Å². The molecule has 1 aliphatic rings. The van der Waals surface area contributed by atoms with Crippen LogP contribution < -0.4 is 11.1 Å². The molecule has 1 unspecified atom stereocenters. The lowest BCUT2D eigenvalue weighted by atomic mass is 9.82. The van der Waals surface area contributed by atoms with Crippen molar-refractivity contribution in [2.75, 3.05) is 12.0 Å². The predicted molar refractivity (Wildman–Crippen MR) is 79.2 cm³/mol. The molecular formula is C12H25ClN2O3S. The third-order valence-electron chi connectivity index (χ3n) is 3.50. The van der Waals surface area contributed by atoms with Crippen molar-refractivity contribution in [1.82, 2.24) is 5.32 Å². The fourth-order valence-corrected chi connectivity index (χ4v) is 3.02. The number of hydrogen-bond donors (Lipinski definition) is 2. The third kappa shape index (κ3) is 6.58. The fourth-order valence-electron chi connectivity index (χ4n) is 2.24. The van der Waals surface area contributed by atoms with Gasteiger partial charge in [0.1, 0.15) is 9.84 Å². The first kappa shape index (κ1) is 18.7. The van der Waals surface area contributed by atoms with Gasteiger partial charge in [-0.3, -0.25) is 4.79 Å². The Balaban J connectivity index is 0.00000324. The monoisotopic (exact) mass is 312 g/mol. The van der Waals surface area contributed by atoms with Crippen LogP contribution in [0.2, 0.25) is 0 Å². The maximum absolute atomic E-state index is 12.1. The topological polar surface area (TPSA) is 89.3 Å². The molecule has 19 heavy (non-hydrogen) atoms.